The highest BCUT2D eigenvalue weighted by molar-refractivity contribution is 8.13. The van der Waals surface area contributed by atoms with Gasteiger partial charge in [0.2, 0.25) is 0 Å². The molecule has 0 fully saturated rings. The molecule has 0 amide bonds. The summed E-state index contributed by atoms with van der Waals surface area (Å²) in [4.78, 5) is 6.97. The number of hydrogen-bond acceptors (Lipinski definition) is 4. The summed E-state index contributed by atoms with van der Waals surface area (Å²) in [7, 11) is 0. The van der Waals surface area contributed by atoms with E-state index >= 15 is 0 Å². The van der Waals surface area contributed by atoms with Gasteiger partial charge in [-0.05, 0) is 25.0 Å². The molecule has 0 saturated heterocycles. The number of alkyl halides is 3. The molecule has 0 aromatic carbocycles. The second-order valence-corrected chi connectivity index (χ2v) is 5.68. The molecule has 128 valence electrons. The lowest BCUT2D eigenvalue weighted by Crippen LogP contribution is -2.17. The number of hydrogen-bond donors (Lipinski definition) is 2. The Morgan fingerprint density at radius 1 is 1.48 bits per heavy atom. The van der Waals surface area contributed by atoms with Gasteiger partial charge in [0.25, 0.3) is 0 Å². The Hall–Kier alpha value is -1.61. The van der Waals surface area contributed by atoms with Gasteiger partial charge in [0.1, 0.15) is 11.5 Å². The average Bonchev–Trinajstić information content (AvgIpc) is 2.44. The fourth-order valence-corrected chi connectivity index (χ4v) is 2.35. The Morgan fingerprint density at radius 2 is 2.13 bits per heavy atom. The number of allylic oxidation sites excluding steroid dienone is 1. The van der Waals surface area contributed by atoms with Gasteiger partial charge < -0.3 is 10.8 Å². The lowest BCUT2D eigenvalue weighted by atomic mass is 10.2. The van der Waals surface area contributed by atoms with E-state index in [-0.39, 0.29) is 17.3 Å². The van der Waals surface area contributed by atoms with Gasteiger partial charge in [0, 0.05) is 17.5 Å². The predicted molar refractivity (Wildman–Crippen MR) is 82.3 cm³/mol. The molecule has 0 spiro atoms. The fourth-order valence-electron chi connectivity index (χ4n) is 1.53. The number of aliphatic hydroxyl groups is 1. The number of amidine groups is 1. The molecule has 4 nitrogen and oxygen atoms in total. The van der Waals surface area contributed by atoms with E-state index in [1.165, 1.54) is 13.1 Å². The van der Waals surface area contributed by atoms with Gasteiger partial charge in [0.05, 0.1) is 12.3 Å². The molecule has 0 aliphatic carbocycles. The first-order valence-electron chi connectivity index (χ1n) is 6.68. The molecule has 0 aliphatic heterocycles. The number of aliphatic imine (C=N–C) groups is 1. The van der Waals surface area contributed by atoms with Gasteiger partial charge in [-0.25, -0.2) is 9.38 Å². The Labute approximate surface area is 135 Å². The first-order chi connectivity index (χ1) is 10.6. The maximum atomic E-state index is 13.6. The van der Waals surface area contributed by atoms with Gasteiger partial charge in [-0.3, -0.25) is 4.98 Å². The van der Waals surface area contributed by atoms with Gasteiger partial charge in [-0.1, -0.05) is 18.7 Å². The number of halogens is 4. The van der Waals surface area contributed by atoms with E-state index in [0.717, 1.165) is 18.0 Å². The minimum Gasteiger partial charge on any atom is -0.389 e. The zero-order chi connectivity index (χ0) is 17.6. The van der Waals surface area contributed by atoms with Crippen molar-refractivity contribution < 1.29 is 22.7 Å². The van der Waals surface area contributed by atoms with Gasteiger partial charge >= 0.3 is 6.18 Å². The normalized spacial score (nSPS) is 14.9. The zero-order valence-corrected chi connectivity index (χ0v) is 13.4. The van der Waals surface area contributed by atoms with Crippen LogP contribution >= 0.6 is 11.8 Å². The van der Waals surface area contributed by atoms with Crippen LogP contribution in [0.15, 0.2) is 29.2 Å². The molecular formula is C14H17F4N3OS. The molecular weight excluding hydrogens is 334 g/mol. The van der Waals surface area contributed by atoms with Crippen molar-refractivity contribution in [2.24, 2.45) is 10.7 Å². The molecule has 1 unspecified atom stereocenters. The molecule has 0 bridgehead atoms. The van der Waals surface area contributed by atoms with Crippen molar-refractivity contribution in [3.05, 3.63) is 41.1 Å². The van der Waals surface area contributed by atoms with E-state index in [9.17, 15) is 22.7 Å². The largest absolute Gasteiger partial charge is 0.433 e. The van der Waals surface area contributed by atoms with Crippen molar-refractivity contribution in [1.29, 1.82) is 0 Å². The summed E-state index contributed by atoms with van der Waals surface area (Å²) in [5.41, 5.74) is 5.08. The predicted octanol–water partition coefficient (Wildman–Crippen LogP) is 3.29. The molecule has 0 saturated carbocycles. The topological polar surface area (TPSA) is 71.5 Å². The van der Waals surface area contributed by atoms with Crippen molar-refractivity contribution in [3.8, 4) is 0 Å². The van der Waals surface area contributed by atoms with E-state index in [4.69, 9.17) is 5.73 Å². The highest BCUT2D eigenvalue weighted by Crippen LogP contribution is 2.28. The number of aryl methyl sites for hydroxylation is 1. The number of nitrogens with two attached hydrogens (primary N) is 1. The second kappa shape index (κ2) is 8.30. The maximum Gasteiger partial charge on any atom is 0.433 e. The molecule has 3 N–H and O–H groups in total. The third kappa shape index (κ3) is 6.19. The number of aromatic nitrogens is 1. The van der Waals surface area contributed by atoms with Crippen molar-refractivity contribution in [2.75, 3.05) is 0 Å². The standard InChI is InChI=1S/C14H17F4N3OS/c1-3-9(22)4-12(14(16,17)18)21-13(19)23-7-10-8(2)5-20-6-11(10)15/h4-6,9,22H,3,7H2,1-2H3,(H2,19,21)/b12-4-. The third-order valence-electron chi connectivity index (χ3n) is 2.87. The monoisotopic (exact) mass is 351 g/mol. The van der Waals surface area contributed by atoms with Crippen LogP contribution in [0, 0.1) is 12.7 Å². The van der Waals surface area contributed by atoms with Gasteiger partial charge in [-0.2, -0.15) is 13.2 Å². The number of thioether (sulfide) groups is 1. The molecule has 1 heterocycles. The van der Waals surface area contributed by atoms with Crippen molar-refractivity contribution in [3.63, 3.8) is 0 Å². The summed E-state index contributed by atoms with van der Waals surface area (Å²) in [6.07, 6.45) is -2.82. The molecule has 1 rings (SSSR count). The first kappa shape index (κ1) is 19.4. The van der Waals surface area contributed by atoms with E-state index in [2.05, 4.69) is 9.98 Å². The van der Waals surface area contributed by atoms with E-state index in [1.807, 2.05) is 0 Å². The van der Waals surface area contributed by atoms with Crippen LogP contribution in [-0.2, 0) is 5.75 Å². The summed E-state index contributed by atoms with van der Waals surface area (Å²) >= 11 is 0.774. The van der Waals surface area contributed by atoms with Crippen LogP contribution in [0.5, 0.6) is 0 Å². The Kier molecular flexibility index (Phi) is 7.01. The van der Waals surface area contributed by atoms with Crippen molar-refractivity contribution in [1.82, 2.24) is 4.98 Å². The fraction of sp³-hybridized carbons (Fsp3) is 0.429. The minimum atomic E-state index is -4.74. The van der Waals surface area contributed by atoms with Gasteiger partial charge in [-0.15, -0.1) is 0 Å². The number of pyridine rings is 1. The first-order valence-corrected chi connectivity index (χ1v) is 7.66. The van der Waals surface area contributed by atoms with E-state index in [0.29, 0.717) is 17.2 Å². The average molecular weight is 351 g/mol. The smallest absolute Gasteiger partial charge is 0.389 e. The van der Waals surface area contributed by atoms with Crippen molar-refractivity contribution in [2.45, 2.75) is 38.3 Å². The summed E-state index contributed by atoms with van der Waals surface area (Å²) in [6.45, 7) is 3.17. The summed E-state index contributed by atoms with van der Waals surface area (Å²) in [5, 5.41) is 8.97. The quantitative estimate of drug-likeness (QED) is 0.485. The highest BCUT2D eigenvalue weighted by atomic mass is 32.2. The number of nitrogens with zero attached hydrogens (tertiary/aromatic N) is 2. The molecule has 23 heavy (non-hydrogen) atoms. The summed E-state index contributed by atoms with van der Waals surface area (Å²) < 4.78 is 52.1. The molecule has 0 aliphatic rings. The number of rotatable bonds is 5. The zero-order valence-electron chi connectivity index (χ0n) is 12.6. The molecule has 9 heteroatoms. The summed E-state index contributed by atoms with van der Waals surface area (Å²) in [6, 6.07) is 0. The molecule has 1 aromatic rings. The van der Waals surface area contributed by atoms with Crippen LogP contribution in [-0.4, -0.2) is 27.5 Å². The molecule has 0 radical (unpaired) electrons. The third-order valence-corrected chi connectivity index (χ3v) is 3.69. The molecule has 1 aromatic heterocycles. The second-order valence-electron chi connectivity index (χ2n) is 4.68. The Balaban J connectivity index is 2.91. The van der Waals surface area contributed by atoms with E-state index < -0.39 is 23.8 Å². The van der Waals surface area contributed by atoms with Gasteiger partial charge in [0.15, 0.2) is 5.17 Å². The van der Waals surface area contributed by atoms with Crippen molar-refractivity contribution >= 4 is 16.9 Å². The van der Waals surface area contributed by atoms with Crippen LogP contribution in [0.2, 0.25) is 0 Å². The highest BCUT2D eigenvalue weighted by Gasteiger charge is 2.34. The number of aliphatic hydroxyl groups excluding tert-OH is 1. The molecule has 1 atom stereocenters. The van der Waals surface area contributed by atoms with Crippen LogP contribution in [0.3, 0.4) is 0 Å². The van der Waals surface area contributed by atoms with E-state index in [1.54, 1.807) is 6.92 Å². The van der Waals surface area contributed by atoms with Crippen LogP contribution in [0.1, 0.15) is 24.5 Å². The lowest BCUT2D eigenvalue weighted by molar-refractivity contribution is -0.0932. The van der Waals surface area contributed by atoms with Crippen LogP contribution < -0.4 is 5.73 Å². The lowest BCUT2D eigenvalue weighted by Gasteiger charge is -2.11. The maximum absolute atomic E-state index is 13.6. The Morgan fingerprint density at radius 3 is 2.65 bits per heavy atom. The SMILES string of the molecule is CCC(O)/C=C(\N=C(N)SCc1c(C)cncc1F)C(F)(F)F. The van der Waals surface area contributed by atoms with Crippen LogP contribution in [0.4, 0.5) is 17.6 Å². The Bertz CT molecular complexity index is 582. The van der Waals surface area contributed by atoms with Crippen LogP contribution in [0.25, 0.3) is 0 Å². The minimum absolute atomic E-state index is 0.0248. The summed E-state index contributed by atoms with van der Waals surface area (Å²) in [5.74, 6) is -0.532.